The smallest absolute Gasteiger partial charge is 0.357 e. The van der Waals surface area contributed by atoms with Crippen LogP contribution in [0.15, 0.2) is 29.4 Å². The zero-order valence-corrected chi connectivity index (χ0v) is 9.12. The van der Waals surface area contributed by atoms with Crippen LogP contribution >= 0.6 is 27.5 Å². The van der Waals surface area contributed by atoms with Gasteiger partial charge in [0.25, 0.3) is 0 Å². The van der Waals surface area contributed by atoms with Crippen LogP contribution in [0, 0.1) is 10.1 Å². The van der Waals surface area contributed by atoms with E-state index in [1.807, 2.05) is 0 Å². The van der Waals surface area contributed by atoms with Crippen LogP contribution in [0.3, 0.4) is 0 Å². The van der Waals surface area contributed by atoms with Gasteiger partial charge in [-0.15, -0.1) is 0 Å². The maximum atomic E-state index is 10.1. The molecule has 5 nitrogen and oxygen atoms in total. The SMILES string of the molecule is O=[N+]([O-])/C(Br)=N/Nc1ccc(Cl)cc1. The first-order valence-electron chi connectivity index (χ1n) is 3.49. The molecular formula is C7H5BrClN3O2. The maximum Gasteiger partial charge on any atom is 0.430 e. The van der Waals surface area contributed by atoms with Gasteiger partial charge in [0.2, 0.25) is 0 Å². The summed E-state index contributed by atoms with van der Waals surface area (Å²) in [5.74, 6) is 0. The first-order chi connectivity index (χ1) is 6.59. The lowest BCUT2D eigenvalue weighted by atomic mass is 10.3. The fourth-order valence-electron chi connectivity index (χ4n) is 0.676. The highest BCUT2D eigenvalue weighted by Gasteiger charge is 2.05. The Hall–Kier alpha value is -1.14. The summed E-state index contributed by atoms with van der Waals surface area (Å²) in [6, 6.07) is 6.62. The zero-order chi connectivity index (χ0) is 10.6. The molecule has 0 atom stereocenters. The molecule has 0 radical (unpaired) electrons. The number of amidine groups is 1. The third-order valence-corrected chi connectivity index (χ3v) is 1.99. The van der Waals surface area contributed by atoms with Gasteiger partial charge in [-0.25, -0.2) is 0 Å². The van der Waals surface area contributed by atoms with Crippen molar-refractivity contribution in [2.24, 2.45) is 5.10 Å². The fraction of sp³-hybridized carbons (Fsp3) is 0. The lowest BCUT2D eigenvalue weighted by Gasteiger charge is -1.94. The van der Waals surface area contributed by atoms with Crippen molar-refractivity contribution >= 4 is 38.0 Å². The molecule has 1 aromatic carbocycles. The minimum absolute atomic E-state index is 0.382. The van der Waals surface area contributed by atoms with Crippen molar-refractivity contribution in [1.82, 2.24) is 0 Å². The Morgan fingerprint density at radius 2 is 2.07 bits per heavy atom. The van der Waals surface area contributed by atoms with Gasteiger partial charge in [-0.2, -0.15) is 5.43 Å². The van der Waals surface area contributed by atoms with Crippen molar-refractivity contribution in [3.63, 3.8) is 0 Å². The Bertz CT molecular complexity index is 366. The normalized spacial score (nSPS) is 11.1. The second-order valence-electron chi connectivity index (χ2n) is 2.26. The van der Waals surface area contributed by atoms with Crippen LogP contribution in [-0.4, -0.2) is 9.67 Å². The van der Waals surface area contributed by atoms with Crippen molar-refractivity contribution in [3.05, 3.63) is 39.4 Å². The van der Waals surface area contributed by atoms with E-state index in [1.165, 1.54) is 0 Å². The summed E-state index contributed by atoms with van der Waals surface area (Å²) in [7, 11) is 0. The molecule has 0 saturated carbocycles. The van der Waals surface area contributed by atoms with E-state index in [0.29, 0.717) is 10.7 Å². The summed E-state index contributed by atoms with van der Waals surface area (Å²) >= 11 is 8.32. The Labute approximate surface area is 93.0 Å². The molecule has 0 spiro atoms. The fourth-order valence-corrected chi connectivity index (χ4v) is 0.891. The van der Waals surface area contributed by atoms with Crippen LogP contribution in [-0.2, 0) is 0 Å². The molecule has 14 heavy (non-hydrogen) atoms. The topological polar surface area (TPSA) is 67.5 Å². The van der Waals surface area contributed by atoms with Crippen LogP contribution in [0.5, 0.6) is 0 Å². The molecule has 0 amide bonds. The molecule has 1 rings (SSSR count). The second-order valence-corrected chi connectivity index (χ2v) is 3.40. The average molecular weight is 278 g/mol. The van der Waals surface area contributed by atoms with E-state index >= 15 is 0 Å². The maximum absolute atomic E-state index is 10.1. The molecule has 74 valence electrons. The predicted molar refractivity (Wildman–Crippen MR) is 58.4 cm³/mol. The molecule has 0 aromatic heterocycles. The van der Waals surface area contributed by atoms with Gasteiger partial charge in [0, 0.05) is 5.02 Å². The molecule has 0 aliphatic carbocycles. The number of nitrogens with one attached hydrogen (secondary N) is 1. The molecule has 0 fully saturated rings. The molecule has 0 heterocycles. The lowest BCUT2D eigenvalue weighted by Crippen LogP contribution is -2.05. The van der Waals surface area contributed by atoms with E-state index in [0.717, 1.165) is 0 Å². The van der Waals surface area contributed by atoms with Gasteiger partial charge in [0.15, 0.2) is 0 Å². The number of hydrogen-bond acceptors (Lipinski definition) is 4. The van der Waals surface area contributed by atoms with E-state index < -0.39 is 4.92 Å². The van der Waals surface area contributed by atoms with Crippen molar-refractivity contribution < 1.29 is 4.92 Å². The molecule has 1 aromatic rings. The number of halogens is 2. The van der Waals surface area contributed by atoms with E-state index in [4.69, 9.17) is 11.6 Å². The quantitative estimate of drug-likeness (QED) is 0.297. The Kier molecular flexibility index (Phi) is 3.84. The molecule has 0 saturated heterocycles. The number of hydrogen-bond donors (Lipinski definition) is 1. The summed E-state index contributed by atoms with van der Waals surface area (Å²) < 4.78 is -0.382. The Morgan fingerprint density at radius 1 is 1.50 bits per heavy atom. The molecule has 1 N–H and O–H groups in total. The lowest BCUT2D eigenvalue weighted by molar-refractivity contribution is -0.342. The number of nitrogens with zero attached hydrogens (tertiary/aromatic N) is 2. The van der Waals surface area contributed by atoms with Crippen molar-refractivity contribution in [3.8, 4) is 0 Å². The molecule has 0 aliphatic rings. The van der Waals surface area contributed by atoms with E-state index in [2.05, 4.69) is 26.5 Å². The highest BCUT2D eigenvalue weighted by atomic mass is 79.9. The number of rotatable bonds is 2. The number of anilines is 1. The van der Waals surface area contributed by atoms with Gasteiger partial charge in [-0.3, -0.25) is 0 Å². The van der Waals surface area contributed by atoms with Gasteiger partial charge in [0.1, 0.15) is 0 Å². The van der Waals surface area contributed by atoms with Crippen molar-refractivity contribution in [2.45, 2.75) is 0 Å². The van der Waals surface area contributed by atoms with Gasteiger partial charge >= 0.3 is 4.74 Å². The molecule has 0 bridgehead atoms. The van der Waals surface area contributed by atoms with Crippen molar-refractivity contribution in [2.75, 3.05) is 5.43 Å². The van der Waals surface area contributed by atoms with Crippen LogP contribution < -0.4 is 5.43 Å². The Morgan fingerprint density at radius 3 is 2.57 bits per heavy atom. The highest BCUT2D eigenvalue weighted by Crippen LogP contribution is 2.13. The number of nitro groups is 1. The largest absolute Gasteiger partial charge is 0.430 e. The molecular weight excluding hydrogens is 273 g/mol. The van der Waals surface area contributed by atoms with Gasteiger partial charge < -0.3 is 10.1 Å². The summed E-state index contributed by atoms with van der Waals surface area (Å²) in [6.07, 6.45) is 0. The molecule has 0 unspecified atom stereocenters. The minimum atomic E-state index is -0.650. The van der Waals surface area contributed by atoms with E-state index in [-0.39, 0.29) is 4.74 Å². The summed E-state index contributed by atoms with van der Waals surface area (Å²) in [5, 5.41) is 14.2. The minimum Gasteiger partial charge on any atom is -0.357 e. The summed E-state index contributed by atoms with van der Waals surface area (Å²) in [6.45, 7) is 0. The van der Waals surface area contributed by atoms with Crippen molar-refractivity contribution in [1.29, 1.82) is 0 Å². The van der Waals surface area contributed by atoms with Crippen LogP contribution in [0.4, 0.5) is 5.69 Å². The van der Waals surface area contributed by atoms with E-state index in [1.54, 1.807) is 24.3 Å². The average Bonchev–Trinajstić information content (AvgIpc) is 2.16. The summed E-state index contributed by atoms with van der Waals surface area (Å²) in [4.78, 5) is 9.49. The van der Waals surface area contributed by atoms with Gasteiger partial charge in [-0.1, -0.05) is 11.6 Å². The van der Waals surface area contributed by atoms with E-state index in [9.17, 15) is 10.1 Å². The zero-order valence-electron chi connectivity index (χ0n) is 6.78. The number of hydrazone groups is 1. The van der Waals surface area contributed by atoms with Gasteiger partial charge in [0.05, 0.1) is 26.7 Å². The van der Waals surface area contributed by atoms with Crippen LogP contribution in [0.2, 0.25) is 5.02 Å². The first-order valence-corrected chi connectivity index (χ1v) is 4.66. The highest BCUT2D eigenvalue weighted by molar-refractivity contribution is 9.18. The number of benzene rings is 1. The molecule has 7 heteroatoms. The van der Waals surface area contributed by atoms with Crippen LogP contribution in [0.25, 0.3) is 0 Å². The summed E-state index contributed by atoms with van der Waals surface area (Å²) in [5.41, 5.74) is 3.11. The van der Waals surface area contributed by atoms with Gasteiger partial charge in [-0.05, 0) is 29.2 Å². The Balaban J connectivity index is 2.66. The first kappa shape index (κ1) is 10.9. The third-order valence-electron chi connectivity index (χ3n) is 1.27. The monoisotopic (exact) mass is 277 g/mol. The third kappa shape index (κ3) is 3.31. The predicted octanol–water partition coefficient (Wildman–Crippen LogP) is 2.69. The van der Waals surface area contributed by atoms with Crippen LogP contribution in [0.1, 0.15) is 0 Å². The molecule has 0 aliphatic heterocycles. The standard InChI is InChI=1S/C7H5BrClN3O2/c8-7(12(13)14)11-10-6-3-1-5(9)2-4-6/h1-4,10H/b11-7+. The second kappa shape index (κ2) is 4.92.